The molecule has 0 spiro atoms. The van der Waals surface area contributed by atoms with Gasteiger partial charge < -0.3 is 0 Å². The first-order chi connectivity index (χ1) is 5.70. The van der Waals surface area contributed by atoms with Gasteiger partial charge in [-0.15, -0.1) is 0 Å². The molecule has 0 saturated heterocycles. The second-order valence-corrected chi connectivity index (χ2v) is 4.69. The van der Waals surface area contributed by atoms with Crippen molar-refractivity contribution in [3.05, 3.63) is 21.1 Å². The fourth-order valence-corrected chi connectivity index (χ4v) is 3.29. The monoisotopic (exact) mass is 288 g/mol. The number of benzene rings is 1. The molecule has 1 heterocycles. The van der Waals surface area contributed by atoms with Crippen LogP contribution in [-0.2, 0) is 0 Å². The van der Waals surface area contributed by atoms with Gasteiger partial charge in [0.2, 0.25) is 0 Å². The van der Waals surface area contributed by atoms with Crippen LogP contribution in [0.15, 0.2) is 6.07 Å². The molecule has 0 bridgehead atoms. The second-order valence-electron chi connectivity index (χ2n) is 2.21. The van der Waals surface area contributed by atoms with Crippen molar-refractivity contribution in [2.24, 2.45) is 0 Å². The van der Waals surface area contributed by atoms with E-state index >= 15 is 0 Å². The third kappa shape index (κ3) is 1.26. The molecule has 12 heavy (non-hydrogen) atoms. The Hall–Kier alpha value is 0.209. The number of nitrogens with one attached hydrogen (secondary N) is 2. The summed E-state index contributed by atoms with van der Waals surface area (Å²) in [6.07, 6.45) is 0. The van der Waals surface area contributed by atoms with Crippen LogP contribution in [0.2, 0.25) is 15.1 Å². The van der Waals surface area contributed by atoms with Crippen LogP contribution in [0.3, 0.4) is 0 Å². The summed E-state index contributed by atoms with van der Waals surface area (Å²) in [5, 5.41) is 1.61. The van der Waals surface area contributed by atoms with Crippen LogP contribution in [0, 0.1) is 0 Å². The number of hydrogen-bond acceptors (Lipinski definition) is 2. The molecule has 2 rings (SSSR count). The summed E-state index contributed by atoms with van der Waals surface area (Å²) in [6, 6.07) is 1.64. The van der Waals surface area contributed by atoms with Crippen LogP contribution in [0.1, 0.15) is 0 Å². The molecule has 0 fully saturated rings. The summed E-state index contributed by atoms with van der Waals surface area (Å²) in [6.45, 7) is 0. The van der Waals surface area contributed by atoms with Crippen molar-refractivity contribution in [1.29, 1.82) is 0 Å². The summed E-state index contributed by atoms with van der Waals surface area (Å²) in [5.74, 6) is 0. The maximum atomic E-state index is 5.93. The molecule has 1 aromatic carbocycles. The summed E-state index contributed by atoms with van der Waals surface area (Å²) in [7, 11) is 0. The Bertz CT molecular complexity index is 342. The molecule has 0 aromatic heterocycles. The van der Waals surface area contributed by atoms with E-state index in [-0.39, 0.29) is 15.4 Å². The molecular formula is C6H3Cl3N2Se. The van der Waals surface area contributed by atoms with Crippen LogP contribution >= 0.6 is 34.8 Å². The Morgan fingerprint density at radius 3 is 2.42 bits per heavy atom. The molecule has 6 heteroatoms. The standard InChI is InChI=1S/C6H3Cl3N2Se/c7-2-1-3(8)5-6(4(2)9)11-12-10-5/h1,10-11H. The van der Waals surface area contributed by atoms with Crippen molar-refractivity contribution in [3.8, 4) is 0 Å². The average molecular weight is 288 g/mol. The molecule has 0 radical (unpaired) electrons. The Kier molecular flexibility index (Phi) is 2.32. The van der Waals surface area contributed by atoms with E-state index in [1.807, 2.05) is 0 Å². The number of rotatable bonds is 0. The predicted molar refractivity (Wildman–Crippen MR) is 54.5 cm³/mol. The van der Waals surface area contributed by atoms with Crippen LogP contribution in [0.4, 0.5) is 11.4 Å². The van der Waals surface area contributed by atoms with Crippen LogP contribution in [0.25, 0.3) is 0 Å². The van der Waals surface area contributed by atoms with Gasteiger partial charge in [0.25, 0.3) is 0 Å². The van der Waals surface area contributed by atoms with Gasteiger partial charge in [-0.05, 0) is 0 Å². The molecule has 0 amide bonds. The van der Waals surface area contributed by atoms with E-state index in [1.165, 1.54) is 0 Å². The van der Waals surface area contributed by atoms with E-state index in [2.05, 4.69) is 8.67 Å². The molecule has 0 atom stereocenters. The predicted octanol–water partition coefficient (Wildman–Crippen LogP) is 3.02. The zero-order chi connectivity index (χ0) is 8.72. The molecule has 64 valence electrons. The third-order valence-corrected chi connectivity index (χ3v) is 3.85. The van der Waals surface area contributed by atoms with Crippen molar-refractivity contribution in [2.45, 2.75) is 0 Å². The van der Waals surface area contributed by atoms with Gasteiger partial charge in [0.1, 0.15) is 0 Å². The minimum absolute atomic E-state index is 0.125. The summed E-state index contributed by atoms with van der Waals surface area (Å²) < 4.78 is 6.21. The minimum atomic E-state index is 0.125. The first-order valence-electron chi connectivity index (χ1n) is 3.05. The average Bonchev–Trinajstić information content (AvgIpc) is 2.48. The summed E-state index contributed by atoms with van der Waals surface area (Å²) in [5.41, 5.74) is 1.67. The van der Waals surface area contributed by atoms with Crippen LogP contribution in [-0.4, -0.2) is 15.4 Å². The SMILES string of the molecule is Clc1cc(Cl)c2c(c1Cl)N[Se]N2. The second kappa shape index (κ2) is 3.17. The van der Waals surface area contributed by atoms with Gasteiger partial charge in [0.15, 0.2) is 0 Å². The first-order valence-corrected chi connectivity index (χ1v) is 5.90. The molecule has 0 saturated carbocycles. The molecule has 2 nitrogen and oxygen atoms in total. The van der Waals surface area contributed by atoms with E-state index in [0.29, 0.717) is 15.1 Å². The molecule has 0 unspecified atom stereocenters. The van der Waals surface area contributed by atoms with Crippen LogP contribution in [0.5, 0.6) is 0 Å². The van der Waals surface area contributed by atoms with Gasteiger partial charge in [-0.3, -0.25) is 0 Å². The van der Waals surface area contributed by atoms with Gasteiger partial charge in [-0.25, -0.2) is 0 Å². The Morgan fingerprint density at radius 1 is 1.00 bits per heavy atom. The normalized spacial score (nSPS) is 13.6. The zero-order valence-electron chi connectivity index (χ0n) is 5.62. The number of fused-ring (bicyclic) bond motifs is 1. The van der Waals surface area contributed by atoms with E-state index in [1.54, 1.807) is 6.07 Å². The van der Waals surface area contributed by atoms with Crippen molar-refractivity contribution >= 4 is 61.6 Å². The van der Waals surface area contributed by atoms with Gasteiger partial charge >= 0.3 is 91.4 Å². The van der Waals surface area contributed by atoms with E-state index < -0.39 is 0 Å². The van der Waals surface area contributed by atoms with Crippen molar-refractivity contribution in [2.75, 3.05) is 8.67 Å². The number of halogens is 3. The molecule has 2 N–H and O–H groups in total. The zero-order valence-corrected chi connectivity index (χ0v) is 9.60. The van der Waals surface area contributed by atoms with Crippen LogP contribution < -0.4 is 8.67 Å². The van der Waals surface area contributed by atoms with Crippen molar-refractivity contribution in [3.63, 3.8) is 0 Å². The van der Waals surface area contributed by atoms with E-state index in [9.17, 15) is 0 Å². The first kappa shape index (κ1) is 8.79. The molecule has 1 aliphatic heterocycles. The van der Waals surface area contributed by atoms with Crippen molar-refractivity contribution < 1.29 is 0 Å². The Labute approximate surface area is 91.1 Å². The van der Waals surface area contributed by atoms with E-state index in [0.717, 1.165) is 11.4 Å². The Balaban J connectivity index is 2.69. The summed E-state index contributed by atoms with van der Waals surface area (Å²) in [4.78, 5) is 0. The van der Waals surface area contributed by atoms with Gasteiger partial charge in [-0.1, -0.05) is 0 Å². The number of hydrogen-bond donors (Lipinski definition) is 2. The van der Waals surface area contributed by atoms with Gasteiger partial charge in [0.05, 0.1) is 0 Å². The molecule has 1 aromatic rings. The number of anilines is 2. The third-order valence-electron chi connectivity index (χ3n) is 1.48. The fraction of sp³-hybridized carbons (Fsp3) is 0. The Morgan fingerprint density at radius 2 is 1.67 bits per heavy atom. The molecular weight excluding hydrogens is 285 g/mol. The van der Waals surface area contributed by atoms with Gasteiger partial charge in [-0.2, -0.15) is 0 Å². The van der Waals surface area contributed by atoms with Gasteiger partial charge in [0, 0.05) is 0 Å². The molecule has 0 aliphatic carbocycles. The maximum absolute atomic E-state index is 5.93. The summed E-state index contributed by atoms with van der Waals surface area (Å²) >= 11 is 17.8. The van der Waals surface area contributed by atoms with E-state index in [4.69, 9.17) is 34.8 Å². The fourth-order valence-electron chi connectivity index (χ4n) is 0.919. The quantitative estimate of drug-likeness (QED) is 0.566. The van der Waals surface area contributed by atoms with Crippen molar-refractivity contribution in [1.82, 2.24) is 0 Å². The molecule has 1 aliphatic rings. The topological polar surface area (TPSA) is 24.1 Å².